The molecule has 10 atom stereocenters. The topological polar surface area (TPSA) is 204 Å². The Hall–Kier alpha value is -5.00. The van der Waals surface area contributed by atoms with Crippen molar-refractivity contribution in [3.05, 3.63) is 47.0 Å². The average molecular weight is 895 g/mol. The zero-order chi connectivity index (χ0) is 48.1. The predicted molar refractivity (Wildman–Crippen MR) is 230 cm³/mol. The molecule has 1 aromatic carbocycles. The van der Waals surface area contributed by atoms with E-state index >= 15 is 0 Å². The van der Waals surface area contributed by atoms with Crippen molar-refractivity contribution in [2.75, 3.05) is 20.6 Å². The highest BCUT2D eigenvalue weighted by Crippen LogP contribution is 2.29. The Balaban J connectivity index is 2.66. The van der Waals surface area contributed by atoms with Gasteiger partial charge in [-0.3, -0.25) is 28.8 Å². The molecule has 1 aromatic rings. The first-order valence-electron chi connectivity index (χ1n) is 21.7. The quantitative estimate of drug-likeness (QED) is 0.240. The number of ether oxygens (including phenoxy) is 1. The summed E-state index contributed by atoms with van der Waals surface area (Å²) in [5.41, 5.74) is -0.566. The summed E-state index contributed by atoms with van der Waals surface area (Å²) in [6.07, 6.45) is -4.65. The van der Waals surface area contributed by atoms with Crippen LogP contribution in [0.25, 0.3) is 0 Å². The molecule has 18 heteroatoms. The van der Waals surface area contributed by atoms with Crippen molar-refractivity contribution in [1.82, 2.24) is 31.1 Å². The van der Waals surface area contributed by atoms with Gasteiger partial charge in [0.15, 0.2) is 6.10 Å². The van der Waals surface area contributed by atoms with E-state index in [0.717, 1.165) is 21.9 Å². The van der Waals surface area contributed by atoms with Gasteiger partial charge in [-0.05, 0) is 69.1 Å². The maximum absolute atomic E-state index is 14.2. The monoisotopic (exact) mass is 895 g/mol. The van der Waals surface area contributed by atoms with Gasteiger partial charge < -0.3 is 40.9 Å². The maximum atomic E-state index is 14.2. The number of carbonyl (C=O) groups is 7. The van der Waals surface area contributed by atoms with E-state index in [9.17, 15) is 51.8 Å². The number of carbonyl (C=O) groups excluding carboxylic acids is 7. The van der Waals surface area contributed by atoms with Crippen LogP contribution in [0.2, 0.25) is 0 Å². The molecule has 354 valence electrons. The average Bonchev–Trinajstić information content (AvgIpc) is 3.22. The number of alkyl halides is 3. The molecule has 0 saturated heterocycles. The van der Waals surface area contributed by atoms with Gasteiger partial charge in [-0.25, -0.2) is 4.79 Å². The van der Waals surface area contributed by atoms with Crippen LogP contribution in [0.5, 0.6) is 0 Å². The van der Waals surface area contributed by atoms with Crippen molar-refractivity contribution < 1.29 is 56.6 Å². The molecular weight excluding hydrogens is 826 g/mol. The number of hydrogen-bond donors (Lipinski definition) is 5. The third-order valence-electron chi connectivity index (χ3n) is 11.8. The molecule has 15 nitrogen and oxygen atoms in total. The molecule has 1 aliphatic rings. The lowest BCUT2D eigenvalue weighted by atomic mass is 9.84. The summed E-state index contributed by atoms with van der Waals surface area (Å²) in [5, 5.41) is 22.2. The molecule has 5 N–H and O–H groups in total. The molecule has 1 aliphatic heterocycles. The minimum Gasteiger partial charge on any atom is -0.449 e. The number of halogens is 3. The van der Waals surface area contributed by atoms with Crippen LogP contribution in [0.4, 0.5) is 13.2 Å². The Bertz CT molecular complexity index is 1790. The van der Waals surface area contributed by atoms with E-state index in [1.807, 2.05) is 13.8 Å². The smallest absolute Gasteiger partial charge is 0.416 e. The normalized spacial score (nSPS) is 28.3. The van der Waals surface area contributed by atoms with E-state index in [0.29, 0.717) is 12.8 Å². The first kappa shape index (κ1) is 54.1. The Morgan fingerprint density at radius 3 is 1.90 bits per heavy atom. The number of benzene rings is 1. The van der Waals surface area contributed by atoms with E-state index < -0.39 is 114 Å². The number of likely N-dealkylation sites (N-methyl/N-ethyl adjacent to an activating group) is 2. The van der Waals surface area contributed by atoms with Crippen LogP contribution in [-0.2, 0) is 50.9 Å². The Kier molecular flexibility index (Phi) is 20.8. The zero-order valence-electron chi connectivity index (χ0n) is 38.7. The number of amides is 6. The molecular formula is C45H69F3N6O9. The lowest BCUT2D eigenvalue weighted by Gasteiger charge is -2.34. The number of cyclic esters (lactones) is 1. The standard InChI is InChI=1S/C45H69F3N6O9/c1-13-25(5)37-28(8)34(55)20-15-27(7)44(62)63-35(21-24(3)4)40(58)50-30(10)42(60)54(12)33(22-31-16-18-32(19-17-31)45(46,47)48)43(61)53(11)23-36(56)51-38(26(6)14-2)41(59)49-29(9)39(57)52-37/h15-19,24-26,28-30,33-35,37-38,55H,13-14,20-23H2,1-12H3,(H,49,59)(H,50,58)(H,51,56)(H,52,57)/b27-15+/t25-,26?,28-,29+,30-,33+,34-,35+,37+,38-/m0/s1. The Morgan fingerprint density at radius 2 is 1.37 bits per heavy atom. The number of nitrogens with zero attached hydrogens (tertiary/aromatic N) is 2. The van der Waals surface area contributed by atoms with E-state index in [1.165, 1.54) is 53.1 Å². The third-order valence-corrected chi connectivity index (χ3v) is 11.8. The fourth-order valence-electron chi connectivity index (χ4n) is 7.14. The number of esters is 1. The van der Waals surface area contributed by atoms with E-state index in [-0.39, 0.29) is 42.2 Å². The summed E-state index contributed by atoms with van der Waals surface area (Å²) in [6.45, 7) is 16.5. The number of aliphatic hydroxyl groups is 1. The van der Waals surface area contributed by atoms with Crippen molar-refractivity contribution in [2.24, 2.45) is 23.7 Å². The van der Waals surface area contributed by atoms with Gasteiger partial charge in [0.2, 0.25) is 29.5 Å². The highest BCUT2D eigenvalue weighted by atomic mass is 19.4. The van der Waals surface area contributed by atoms with Crippen LogP contribution >= 0.6 is 0 Å². The van der Waals surface area contributed by atoms with Gasteiger partial charge >= 0.3 is 12.1 Å². The number of rotatable bonds is 8. The van der Waals surface area contributed by atoms with Gasteiger partial charge in [0.1, 0.15) is 24.2 Å². The molecule has 0 radical (unpaired) electrons. The fraction of sp³-hybridized carbons (Fsp3) is 0.667. The summed E-state index contributed by atoms with van der Waals surface area (Å²) in [6, 6.07) is -1.43. The molecule has 1 unspecified atom stereocenters. The lowest BCUT2D eigenvalue weighted by Crippen LogP contribution is -2.58. The molecule has 0 spiro atoms. The minimum absolute atomic E-state index is 0.00601. The van der Waals surface area contributed by atoms with Gasteiger partial charge in [0.25, 0.3) is 5.91 Å². The van der Waals surface area contributed by atoms with Crippen molar-refractivity contribution in [2.45, 2.75) is 150 Å². The second-order valence-corrected chi connectivity index (χ2v) is 17.4. The van der Waals surface area contributed by atoms with Gasteiger partial charge in [-0.1, -0.05) is 79.5 Å². The van der Waals surface area contributed by atoms with Crippen molar-refractivity contribution in [3.8, 4) is 0 Å². The van der Waals surface area contributed by atoms with Crippen molar-refractivity contribution in [1.29, 1.82) is 0 Å². The highest BCUT2D eigenvalue weighted by molar-refractivity contribution is 5.96. The third kappa shape index (κ3) is 15.9. The highest BCUT2D eigenvalue weighted by Gasteiger charge is 2.37. The van der Waals surface area contributed by atoms with Crippen LogP contribution < -0.4 is 21.3 Å². The first-order chi connectivity index (χ1) is 29.2. The molecule has 0 aliphatic carbocycles. The summed E-state index contributed by atoms with van der Waals surface area (Å²) >= 11 is 0. The molecule has 0 saturated carbocycles. The van der Waals surface area contributed by atoms with E-state index in [4.69, 9.17) is 4.74 Å². The molecule has 0 fully saturated rings. The summed E-state index contributed by atoms with van der Waals surface area (Å²) in [4.78, 5) is 98.1. The summed E-state index contributed by atoms with van der Waals surface area (Å²) in [7, 11) is 2.57. The van der Waals surface area contributed by atoms with Gasteiger partial charge in [-0.2, -0.15) is 13.2 Å². The number of nitrogens with one attached hydrogen (secondary N) is 4. The Morgan fingerprint density at radius 1 is 0.794 bits per heavy atom. The van der Waals surface area contributed by atoms with Crippen molar-refractivity contribution in [3.63, 3.8) is 0 Å². The SMILES string of the molecule is CCC(C)[C@@H]1NC(=O)CN(C)C(=O)[C@@H](Cc2ccc(C(F)(F)F)cc2)N(C)C(=O)[C@H](C)NC(=O)[C@@H](CC(C)C)OC(=O)/C(C)=C/C[C@H](O)[C@H](C)[C@@H]([C@@H](C)CC)NC(=O)[C@@H](C)NC1=O. The summed E-state index contributed by atoms with van der Waals surface area (Å²) < 4.78 is 45.8. The van der Waals surface area contributed by atoms with Gasteiger partial charge in [0.05, 0.1) is 18.2 Å². The number of hydrogen-bond acceptors (Lipinski definition) is 9. The molecule has 2 rings (SSSR count). The minimum atomic E-state index is -4.63. The molecule has 1 heterocycles. The molecule has 0 aromatic heterocycles. The zero-order valence-corrected chi connectivity index (χ0v) is 38.7. The molecule has 0 bridgehead atoms. The van der Waals surface area contributed by atoms with Gasteiger partial charge in [0, 0.05) is 38.0 Å². The predicted octanol–water partition coefficient (Wildman–Crippen LogP) is 3.91. The molecule has 63 heavy (non-hydrogen) atoms. The van der Waals surface area contributed by atoms with Crippen LogP contribution in [0.1, 0.15) is 106 Å². The fourth-order valence-corrected chi connectivity index (χ4v) is 7.14. The largest absolute Gasteiger partial charge is 0.449 e. The van der Waals surface area contributed by atoms with Crippen LogP contribution in [-0.4, -0.2) is 119 Å². The van der Waals surface area contributed by atoms with Crippen LogP contribution in [0.15, 0.2) is 35.9 Å². The lowest BCUT2D eigenvalue weighted by molar-refractivity contribution is -0.154. The molecule has 6 amide bonds. The van der Waals surface area contributed by atoms with E-state index in [1.54, 1.807) is 34.6 Å². The van der Waals surface area contributed by atoms with Crippen LogP contribution in [0.3, 0.4) is 0 Å². The van der Waals surface area contributed by atoms with Crippen LogP contribution in [0, 0.1) is 23.7 Å². The van der Waals surface area contributed by atoms with Crippen molar-refractivity contribution >= 4 is 41.4 Å². The van der Waals surface area contributed by atoms with Gasteiger partial charge in [-0.15, -0.1) is 0 Å². The van der Waals surface area contributed by atoms with E-state index in [2.05, 4.69) is 21.3 Å². The number of aliphatic hydroxyl groups excluding tert-OH is 1. The second-order valence-electron chi connectivity index (χ2n) is 17.4. The Labute approximate surface area is 369 Å². The second kappa shape index (κ2) is 24.2. The summed E-state index contributed by atoms with van der Waals surface area (Å²) in [5.74, 6) is -6.34. The maximum Gasteiger partial charge on any atom is 0.416 e. The first-order valence-corrected chi connectivity index (χ1v) is 21.7.